The quantitative estimate of drug-likeness (QED) is 0.263. The zero-order valence-electron chi connectivity index (χ0n) is 19.6. The summed E-state index contributed by atoms with van der Waals surface area (Å²) < 4.78 is 0. The number of thioether (sulfide) groups is 1. The van der Waals surface area contributed by atoms with Crippen molar-refractivity contribution in [1.29, 1.82) is 0 Å². The first-order valence-corrected chi connectivity index (χ1v) is 13.1. The molecule has 0 spiro atoms. The van der Waals surface area contributed by atoms with Crippen LogP contribution in [-0.4, -0.2) is 38.4 Å². The van der Waals surface area contributed by atoms with Crippen LogP contribution in [0.2, 0.25) is 0 Å². The first kappa shape index (κ1) is 23.5. The molecule has 1 N–H and O–H groups in total. The van der Waals surface area contributed by atoms with E-state index in [1.807, 2.05) is 54.2 Å². The lowest BCUT2D eigenvalue weighted by atomic mass is 10.1. The van der Waals surface area contributed by atoms with Crippen molar-refractivity contribution in [1.82, 2.24) is 14.9 Å². The van der Waals surface area contributed by atoms with Gasteiger partial charge in [0.15, 0.2) is 0 Å². The van der Waals surface area contributed by atoms with Crippen LogP contribution in [0.25, 0.3) is 21.8 Å². The molecule has 0 aliphatic heterocycles. The average molecular weight is 480 g/mol. The first-order chi connectivity index (χ1) is 17.3. The summed E-state index contributed by atoms with van der Waals surface area (Å²) in [5.41, 5.74) is 5.28. The van der Waals surface area contributed by atoms with Gasteiger partial charge < -0.3 is 5.11 Å². The Balaban J connectivity index is 1.37. The van der Waals surface area contributed by atoms with Crippen molar-refractivity contribution >= 4 is 33.6 Å². The third-order valence-electron chi connectivity index (χ3n) is 6.19. The maximum Gasteiger partial charge on any atom is 0.0705 e. The molecule has 3 aromatic carbocycles. The van der Waals surface area contributed by atoms with Gasteiger partial charge >= 0.3 is 0 Å². The number of hydrogen-bond acceptors (Lipinski definition) is 5. The van der Waals surface area contributed by atoms with Gasteiger partial charge in [-0.25, -0.2) is 0 Å². The van der Waals surface area contributed by atoms with Gasteiger partial charge in [0.2, 0.25) is 0 Å². The van der Waals surface area contributed by atoms with E-state index in [9.17, 15) is 5.11 Å². The van der Waals surface area contributed by atoms with Crippen molar-refractivity contribution < 1.29 is 5.11 Å². The Kier molecular flexibility index (Phi) is 7.69. The highest BCUT2D eigenvalue weighted by Crippen LogP contribution is 2.21. The van der Waals surface area contributed by atoms with E-state index < -0.39 is 0 Å². The van der Waals surface area contributed by atoms with Crippen LogP contribution in [0.1, 0.15) is 17.0 Å². The molecule has 0 fully saturated rings. The van der Waals surface area contributed by atoms with Gasteiger partial charge in [-0.3, -0.25) is 14.9 Å². The van der Waals surface area contributed by atoms with Crippen molar-refractivity contribution in [3.63, 3.8) is 0 Å². The van der Waals surface area contributed by atoms with Gasteiger partial charge in [-0.05, 0) is 29.8 Å². The molecule has 35 heavy (non-hydrogen) atoms. The van der Waals surface area contributed by atoms with Crippen molar-refractivity contribution in [2.45, 2.75) is 24.9 Å². The molecule has 4 nitrogen and oxygen atoms in total. The number of aliphatic hydroxyl groups excluding tert-OH is 1. The second-order valence-electron chi connectivity index (χ2n) is 8.73. The van der Waals surface area contributed by atoms with Crippen LogP contribution in [0.15, 0.2) is 103 Å². The molecule has 0 amide bonds. The van der Waals surface area contributed by atoms with Crippen molar-refractivity contribution in [3.8, 4) is 0 Å². The highest BCUT2D eigenvalue weighted by molar-refractivity contribution is 7.98. The van der Waals surface area contributed by atoms with Gasteiger partial charge in [0.25, 0.3) is 0 Å². The van der Waals surface area contributed by atoms with E-state index >= 15 is 0 Å². The summed E-state index contributed by atoms with van der Waals surface area (Å²) in [6, 6.07) is 35.3. The summed E-state index contributed by atoms with van der Waals surface area (Å²) in [5.74, 6) is 1.75. The van der Waals surface area contributed by atoms with Gasteiger partial charge in [0.05, 0.1) is 29.0 Å². The van der Waals surface area contributed by atoms with E-state index in [0.717, 1.165) is 44.7 Å². The molecule has 0 aliphatic rings. The zero-order valence-corrected chi connectivity index (χ0v) is 20.4. The number of pyridine rings is 2. The average Bonchev–Trinajstić information content (AvgIpc) is 2.91. The fraction of sp³-hybridized carbons (Fsp3) is 0.200. The SMILES string of the molecule is OC[C@@H](CSCc1ccccc1)N(Cc1ccc2ccccc2n1)Cc1ccc2ccccc2n1. The number of benzene rings is 3. The van der Waals surface area contributed by atoms with E-state index in [-0.39, 0.29) is 12.6 Å². The fourth-order valence-corrected chi connectivity index (χ4v) is 5.42. The van der Waals surface area contributed by atoms with Crippen LogP contribution in [0.4, 0.5) is 0 Å². The van der Waals surface area contributed by atoms with Crippen LogP contribution in [0.3, 0.4) is 0 Å². The number of rotatable bonds is 10. The molecule has 1 atom stereocenters. The monoisotopic (exact) mass is 479 g/mol. The Morgan fingerprint density at radius 2 is 1.20 bits per heavy atom. The first-order valence-electron chi connectivity index (χ1n) is 11.9. The molecule has 0 aliphatic carbocycles. The summed E-state index contributed by atoms with van der Waals surface area (Å²) >= 11 is 1.85. The zero-order chi connectivity index (χ0) is 23.9. The summed E-state index contributed by atoms with van der Waals surface area (Å²) in [4.78, 5) is 12.1. The predicted octanol–water partition coefficient (Wildman–Crippen LogP) is 6.08. The maximum absolute atomic E-state index is 10.4. The standard InChI is InChI=1S/C30H29N3OS/c34-20-28(22-35-21-23-8-2-1-3-9-23)33(18-26-16-14-24-10-4-6-12-29(24)31-26)19-27-17-15-25-11-5-7-13-30(25)32-27/h1-17,28,34H,18-22H2/t28-/m0/s1. The Morgan fingerprint density at radius 3 is 1.77 bits per heavy atom. The van der Waals surface area contributed by atoms with Crippen molar-refractivity contribution in [2.24, 2.45) is 0 Å². The Hall–Kier alpha value is -3.25. The third kappa shape index (κ3) is 6.06. The minimum Gasteiger partial charge on any atom is -0.395 e. The third-order valence-corrected chi connectivity index (χ3v) is 7.35. The number of nitrogens with zero attached hydrogens (tertiary/aromatic N) is 3. The number of hydrogen-bond donors (Lipinski definition) is 1. The molecule has 5 aromatic rings. The molecular formula is C30H29N3OS. The van der Waals surface area contributed by atoms with E-state index in [4.69, 9.17) is 9.97 Å². The Morgan fingerprint density at radius 1 is 0.657 bits per heavy atom. The Labute approximate surface area is 210 Å². The molecule has 0 saturated carbocycles. The lowest BCUT2D eigenvalue weighted by Gasteiger charge is -2.30. The lowest BCUT2D eigenvalue weighted by Crippen LogP contribution is -2.39. The Bertz CT molecular complexity index is 1310. The molecule has 0 radical (unpaired) electrons. The molecular weight excluding hydrogens is 450 g/mol. The van der Waals surface area contributed by atoms with Crippen LogP contribution in [0.5, 0.6) is 0 Å². The number of fused-ring (bicyclic) bond motifs is 2. The molecule has 5 heteroatoms. The normalized spacial score (nSPS) is 12.4. The highest BCUT2D eigenvalue weighted by Gasteiger charge is 2.20. The molecule has 2 heterocycles. The van der Waals surface area contributed by atoms with Crippen molar-refractivity contribution in [2.75, 3.05) is 12.4 Å². The molecule has 2 aromatic heterocycles. The lowest BCUT2D eigenvalue weighted by molar-refractivity contribution is 0.122. The summed E-state index contributed by atoms with van der Waals surface area (Å²) in [5, 5.41) is 12.7. The topological polar surface area (TPSA) is 49.2 Å². The second-order valence-corrected chi connectivity index (χ2v) is 9.76. The van der Waals surface area contributed by atoms with E-state index in [1.54, 1.807) is 0 Å². The van der Waals surface area contributed by atoms with Gasteiger partial charge in [0.1, 0.15) is 0 Å². The fourth-order valence-electron chi connectivity index (χ4n) is 4.28. The smallest absolute Gasteiger partial charge is 0.0705 e. The van der Waals surface area contributed by atoms with Crippen LogP contribution in [0, 0.1) is 0 Å². The van der Waals surface area contributed by atoms with Gasteiger partial charge in [-0.15, -0.1) is 0 Å². The van der Waals surface area contributed by atoms with E-state index in [1.165, 1.54) is 5.56 Å². The van der Waals surface area contributed by atoms with Crippen molar-refractivity contribution in [3.05, 3.63) is 120 Å². The predicted molar refractivity (Wildman–Crippen MR) is 146 cm³/mol. The number of aromatic nitrogens is 2. The van der Waals surface area contributed by atoms with Gasteiger partial charge in [0, 0.05) is 41.4 Å². The number of aliphatic hydroxyl groups is 1. The second kappa shape index (κ2) is 11.5. The maximum atomic E-state index is 10.4. The minimum atomic E-state index is -0.00903. The molecule has 5 rings (SSSR count). The summed E-state index contributed by atoms with van der Waals surface area (Å²) in [7, 11) is 0. The van der Waals surface area contributed by atoms with E-state index in [0.29, 0.717) is 13.1 Å². The van der Waals surface area contributed by atoms with Gasteiger partial charge in [-0.1, -0.05) is 78.9 Å². The van der Waals surface area contributed by atoms with E-state index in [2.05, 4.69) is 65.6 Å². The minimum absolute atomic E-state index is 0.00903. The molecule has 0 bridgehead atoms. The number of para-hydroxylation sites is 2. The van der Waals surface area contributed by atoms with Gasteiger partial charge in [-0.2, -0.15) is 11.8 Å². The molecule has 0 saturated heterocycles. The molecule has 176 valence electrons. The summed E-state index contributed by atoms with van der Waals surface area (Å²) in [6.45, 7) is 1.38. The summed E-state index contributed by atoms with van der Waals surface area (Å²) in [6.07, 6.45) is 0. The highest BCUT2D eigenvalue weighted by atomic mass is 32.2. The van der Waals surface area contributed by atoms with Crippen LogP contribution >= 0.6 is 11.8 Å². The van der Waals surface area contributed by atoms with Crippen LogP contribution in [-0.2, 0) is 18.8 Å². The molecule has 0 unspecified atom stereocenters. The largest absolute Gasteiger partial charge is 0.395 e. The van der Waals surface area contributed by atoms with Crippen LogP contribution < -0.4 is 0 Å².